The third-order valence-corrected chi connectivity index (χ3v) is 4.21. The van der Waals surface area contributed by atoms with Crippen molar-refractivity contribution >= 4 is 23.6 Å². The number of esters is 1. The first-order valence-corrected chi connectivity index (χ1v) is 7.43. The van der Waals surface area contributed by atoms with Crippen LogP contribution in [-0.4, -0.2) is 25.5 Å². The van der Waals surface area contributed by atoms with Gasteiger partial charge in [-0.25, -0.2) is 0 Å². The Bertz CT molecular complexity index is 745. The van der Waals surface area contributed by atoms with E-state index in [0.717, 1.165) is 15.5 Å². The molecule has 0 radical (unpaired) electrons. The number of nitrogens with one attached hydrogen (secondary N) is 1. The van der Waals surface area contributed by atoms with Crippen molar-refractivity contribution in [1.82, 2.24) is 5.32 Å². The molecule has 0 aromatic heterocycles. The van der Waals surface area contributed by atoms with Crippen LogP contribution in [0.15, 0.2) is 52.3 Å². The number of ether oxygens (including phenoxy) is 2. The predicted octanol–water partition coefficient (Wildman–Crippen LogP) is 2.85. The summed E-state index contributed by atoms with van der Waals surface area (Å²) in [4.78, 5) is 25.0. The molecule has 0 saturated carbocycles. The van der Waals surface area contributed by atoms with Crippen molar-refractivity contribution in [2.45, 2.75) is 9.79 Å². The Labute approximate surface area is 131 Å². The first kappa shape index (κ1) is 14.5. The lowest BCUT2D eigenvalue weighted by molar-refractivity contribution is -0.139. The molecule has 1 heterocycles. The number of methoxy groups -OCH3 is 1. The quantitative estimate of drug-likeness (QED) is 0.753. The number of fused-ring (bicyclic) bond motifs is 2. The van der Waals surface area contributed by atoms with Crippen LogP contribution in [0.3, 0.4) is 0 Å². The number of carbonyl (C=O) groups excluding carboxylic acids is 2. The Balaban J connectivity index is 1.78. The van der Waals surface area contributed by atoms with Crippen LogP contribution in [0.2, 0.25) is 0 Å². The van der Waals surface area contributed by atoms with Crippen molar-refractivity contribution in [2.75, 3.05) is 13.7 Å². The number of carbonyl (C=O) groups is 2. The molecule has 1 amide bonds. The standard InChI is InChI=1S/C16H13NO4S/c1-20-15(18)9-17-16(19)10-6-7-12-14(8-10)22-13-5-3-2-4-11(13)21-12/h2-8H,9H2,1H3,(H,17,19). The second kappa shape index (κ2) is 6.11. The monoisotopic (exact) mass is 315 g/mol. The van der Waals surface area contributed by atoms with Gasteiger partial charge in [0.2, 0.25) is 0 Å². The van der Waals surface area contributed by atoms with Gasteiger partial charge in [-0.1, -0.05) is 23.9 Å². The number of benzene rings is 2. The third-order valence-electron chi connectivity index (χ3n) is 3.12. The van der Waals surface area contributed by atoms with E-state index in [1.807, 2.05) is 24.3 Å². The molecule has 0 fully saturated rings. The number of hydrogen-bond acceptors (Lipinski definition) is 5. The molecule has 22 heavy (non-hydrogen) atoms. The van der Waals surface area contributed by atoms with Crippen LogP contribution < -0.4 is 10.1 Å². The van der Waals surface area contributed by atoms with E-state index in [-0.39, 0.29) is 12.5 Å². The van der Waals surface area contributed by atoms with Gasteiger partial charge in [0.05, 0.1) is 16.9 Å². The highest BCUT2D eigenvalue weighted by atomic mass is 32.2. The van der Waals surface area contributed by atoms with Crippen LogP contribution in [0.4, 0.5) is 0 Å². The van der Waals surface area contributed by atoms with E-state index in [1.54, 1.807) is 30.0 Å². The van der Waals surface area contributed by atoms with Crippen molar-refractivity contribution in [3.63, 3.8) is 0 Å². The predicted molar refractivity (Wildman–Crippen MR) is 81.4 cm³/mol. The van der Waals surface area contributed by atoms with Gasteiger partial charge < -0.3 is 14.8 Å². The van der Waals surface area contributed by atoms with Gasteiger partial charge in [0, 0.05) is 5.56 Å². The van der Waals surface area contributed by atoms with Crippen LogP contribution >= 0.6 is 11.8 Å². The molecule has 1 aliphatic heterocycles. The first-order valence-electron chi connectivity index (χ1n) is 6.61. The Morgan fingerprint density at radius 3 is 2.73 bits per heavy atom. The number of hydrogen-bond donors (Lipinski definition) is 1. The van der Waals surface area contributed by atoms with Gasteiger partial charge in [0.1, 0.15) is 18.0 Å². The lowest BCUT2D eigenvalue weighted by atomic mass is 10.2. The fourth-order valence-corrected chi connectivity index (χ4v) is 2.99. The largest absolute Gasteiger partial charge is 0.468 e. The molecule has 2 aromatic rings. The molecule has 1 aliphatic rings. The van der Waals surface area contributed by atoms with Crippen LogP contribution in [0.5, 0.6) is 11.5 Å². The molecule has 3 rings (SSSR count). The minimum absolute atomic E-state index is 0.154. The zero-order valence-electron chi connectivity index (χ0n) is 11.8. The molecular formula is C16H13NO4S. The van der Waals surface area contributed by atoms with Crippen molar-refractivity contribution in [2.24, 2.45) is 0 Å². The van der Waals surface area contributed by atoms with Gasteiger partial charge in [0.15, 0.2) is 0 Å². The number of amides is 1. The van der Waals surface area contributed by atoms with Crippen LogP contribution in [0.25, 0.3) is 0 Å². The second-order valence-corrected chi connectivity index (χ2v) is 5.65. The fourth-order valence-electron chi connectivity index (χ4n) is 2.00. The summed E-state index contributed by atoms with van der Waals surface area (Å²) in [5, 5.41) is 2.51. The van der Waals surface area contributed by atoms with Crippen molar-refractivity contribution in [1.29, 1.82) is 0 Å². The topological polar surface area (TPSA) is 64.6 Å². The summed E-state index contributed by atoms with van der Waals surface area (Å²) in [6, 6.07) is 12.9. The Hall–Kier alpha value is -2.47. The van der Waals surface area contributed by atoms with E-state index in [1.165, 1.54) is 7.11 Å². The van der Waals surface area contributed by atoms with E-state index < -0.39 is 5.97 Å². The molecule has 0 unspecified atom stereocenters. The summed E-state index contributed by atoms with van der Waals surface area (Å²) in [6.07, 6.45) is 0. The van der Waals surface area contributed by atoms with Gasteiger partial charge in [-0.05, 0) is 30.3 Å². The molecule has 0 saturated heterocycles. The van der Waals surface area contributed by atoms with Crippen molar-refractivity contribution < 1.29 is 19.1 Å². The first-order chi connectivity index (χ1) is 10.7. The van der Waals surface area contributed by atoms with E-state index in [0.29, 0.717) is 11.3 Å². The average molecular weight is 315 g/mol. The molecule has 0 spiro atoms. The summed E-state index contributed by atoms with van der Waals surface area (Å²) in [5.74, 6) is 0.710. The van der Waals surface area contributed by atoms with E-state index in [4.69, 9.17) is 4.74 Å². The Morgan fingerprint density at radius 2 is 1.91 bits per heavy atom. The molecule has 1 N–H and O–H groups in total. The highest BCUT2D eigenvalue weighted by Crippen LogP contribution is 2.46. The molecular weight excluding hydrogens is 302 g/mol. The molecule has 6 heteroatoms. The average Bonchev–Trinajstić information content (AvgIpc) is 2.56. The smallest absolute Gasteiger partial charge is 0.325 e. The van der Waals surface area contributed by atoms with Crippen molar-refractivity contribution in [3.05, 3.63) is 48.0 Å². The molecule has 2 aromatic carbocycles. The summed E-state index contributed by atoms with van der Waals surface area (Å²) in [6.45, 7) is -0.154. The molecule has 112 valence electrons. The Kier molecular flexibility index (Phi) is 4.02. The molecule has 0 atom stereocenters. The lowest BCUT2D eigenvalue weighted by Crippen LogP contribution is -2.30. The zero-order valence-corrected chi connectivity index (χ0v) is 12.6. The maximum absolute atomic E-state index is 12.0. The second-order valence-electron chi connectivity index (χ2n) is 4.57. The van der Waals surface area contributed by atoms with E-state index in [9.17, 15) is 9.59 Å². The normalized spacial score (nSPS) is 11.7. The SMILES string of the molecule is COC(=O)CNC(=O)c1ccc2c(c1)Sc1ccccc1O2. The molecule has 0 bridgehead atoms. The molecule has 5 nitrogen and oxygen atoms in total. The lowest BCUT2D eigenvalue weighted by Gasteiger charge is -2.19. The summed E-state index contributed by atoms with van der Waals surface area (Å²) in [7, 11) is 1.28. The highest BCUT2D eigenvalue weighted by Gasteiger charge is 2.19. The van der Waals surface area contributed by atoms with Crippen LogP contribution in [0.1, 0.15) is 10.4 Å². The summed E-state index contributed by atoms with van der Waals surface area (Å²) < 4.78 is 10.3. The summed E-state index contributed by atoms with van der Waals surface area (Å²) in [5.41, 5.74) is 0.470. The van der Waals surface area contributed by atoms with Gasteiger partial charge in [-0.15, -0.1) is 0 Å². The van der Waals surface area contributed by atoms with Gasteiger partial charge in [-0.3, -0.25) is 9.59 Å². The van der Waals surface area contributed by atoms with E-state index in [2.05, 4.69) is 10.1 Å². The minimum atomic E-state index is -0.488. The van der Waals surface area contributed by atoms with Gasteiger partial charge >= 0.3 is 5.97 Å². The number of rotatable bonds is 3. The van der Waals surface area contributed by atoms with E-state index >= 15 is 0 Å². The zero-order chi connectivity index (χ0) is 15.5. The van der Waals surface area contributed by atoms with Crippen LogP contribution in [-0.2, 0) is 9.53 Å². The Morgan fingerprint density at radius 1 is 1.14 bits per heavy atom. The highest BCUT2D eigenvalue weighted by molar-refractivity contribution is 7.99. The number of para-hydroxylation sites is 1. The van der Waals surface area contributed by atoms with Crippen LogP contribution in [0, 0.1) is 0 Å². The van der Waals surface area contributed by atoms with Crippen molar-refractivity contribution in [3.8, 4) is 11.5 Å². The molecule has 0 aliphatic carbocycles. The maximum Gasteiger partial charge on any atom is 0.325 e. The summed E-state index contributed by atoms with van der Waals surface area (Å²) >= 11 is 1.55. The van der Waals surface area contributed by atoms with Gasteiger partial charge in [-0.2, -0.15) is 0 Å². The minimum Gasteiger partial charge on any atom is -0.468 e. The third kappa shape index (κ3) is 2.92. The fraction of sp³-hybridized carbons (Fsp3) is 0.125. The maximum atomic E-state index is 12.0. The van der Waals surface area contributed by atoms with Gasteiger partial charge in [0.25, 0.3) is 5.91 Å².